The van der Waals surface area contributed by atoms with Crippen molar-refractivity contribution in [3.05, 3.63) is 107 Å². The zero-order valence-corrected chi connectivity index (χ0v) is 19.2. The van der Waals surface area contributed by atoms with E-state index in [0.717, 1.165) is 22.8 Å². The third-order valence-corrected chi connectivity index (χ3v) is 5.99. The normalized spacial score (nSPS) is 16.1. The van der Waals surface area contributed by atoms with Crippen LogP contribution in [0.15, 0.2) is 83.0 Å². The third-order valence-electron chi connectivity index (χ3n) is 5.69. The van der Waals surface area contributed by atoms with Crippen LogP contribution in [0.5, 0.6) is 0 Å². The lowest BCUT2D eigenvalue weighted by Gasteiger charge is -2.37. The number of allylic oxidation sites excluding steroid dienone is 1. The van der Waals surface area contributed by atoms with Crippen LogP contribution in [0.1, 0.15) is 30.0 Å². The number of nitrogens with zero attached hydrogens (tertiary/aromatic N) is 3. The van der Waals surface area contributed by atoms with Gasteiger partial charge in [0.05, 0.1) is 17.3 Å². The molecular formula is C26H20F2N4OS. The Morgan fingerprint density at radius 1 is 0.941 bits per heavy atom. The first-order chi connectivity index (χ1) is 16.4. The first kappa shape index (κ1) is 21.9. The van der Waals surface area contributed by atoms with Gasteiger partial charge in [-0.05, 0) is 43.8 Å². The maximum Gasteiger partial charge on any atom is 0.258 e. The summed E-state index contributed by atoms with van der Waals surface area (Å²) in [5, 5.41) is 7.76. The van der Waals surface area contributed by atoms with Crippen molar-refractivity contribution < 1.29 is 13.3 Å². The van der Waals surface area contributed by atoms with Crippen LogP contribution in [-0.2, 0) is 0 Å². The van der Waals surface area contributed by atoms with Gasteiger partial charge < -0.3 is 9.84 Å². The molecule has 5 rings (SSSR count). The SMILES string of the molecule is CC1=C(c2nc(-c3ccccc3)no2)C(c2ccc(C)cc2)NC(=S)N1c1cc(F)cc(F)c1. The number of hydrogen-bond donors (Lipinski definition) is 1. The van der Waals surface area contributed by atoms with Crippen molar-refractivity contribution >= 4 is 28.6 Å². The van der Waals surface area contributed by atoms with E-state index in [-0.39, 0.29) is 5.69 Å². The highest BCUT2D eigenvalue weighted by Crippen LogP contribution is 2.39. The molecule has 0 amide bonds. The summed E-state index contributed by atoms with van der Waals surface area (Å²) in [7, 11) is 0. The van der Waals surface area contributed by atoms with Crippen LogP contribution in [0.4, 0.5) is 14.5 Å². The number of aryl methyl sites for hydroxylation is 1. The molecule has 34 heavy (non-hydrogen) atoms. The van der Waals surface area contributed by atoms with Crippen LogP contribution in [0.3, 0.4) is 0 Å². The zero-order valence-electron chi connectivity index (χ0n) is 18.4. The van der Waals surface area contributed by atoms with E-state index in [1.807, 2.05) is 68.4 Å². The van der Waals surface area contributed by atoms with Gasteiger partial charge in [-0.1, -0.05) is 65.3 Å². The smallest absolute Gasteiger partial charge is 0.258 e. The molecule has 170 valence electrons. The molecule has 0 bridgehead atoms. The number of rotatable bonds is 4. The fourth-order valence-electron chi connectivity index (χ4n) is 4.05. The lowest BCUT2D eigenvalue weighted by molar-refractivity contribution is 0.404. The van der Waals surface area contributed by atoms with Gasteiger partial charge in [0.1, 0.15) is 11.6 Å². The molecule has 1 N–H and O–H groups in total. The summed E-state index contributed by atoms with van der Waals surface area (Å²) in [5.41, 5.74) is 4.41. The van der Waals surface area contributed by atoms with E-state index < -0.39 is 17.7 Å². The van der Waals surface area contributed by atoms with E-state index >= 15 is 0 Å². The van der Waals surface area contributed by atoms with Gasteiger partial charge >= 0.3 is 0 Å². The molecule has 0 aliphatic carbocycles. The maximum atomic E-state index is 14.0. The number of nitrogens with one attached hydrogen (secondary N) is 1. The van der Waals surface area contributed by atoms with Crippen LogP contribution >= 0.6 is 12.2 Å². The molecule has 8 heteroatoms. The number of benzene rings is 3. The Hall–Kier alpha value is -3.91. The Labute approximate surface area is 200 Å². The summed E-state index contributed by atoms with van der Waals surface area (Å²) in [6.07, 6.45) is 0. The standard InChI is InChI=1S/C26H20F2N4OS/c1-15-8-10-17(11-9-15)23-22(25-30-24(31-33-25)18-6-4-3-5-7-18)16(2)32(26(34)29-23)21-13-19(27)12-20(28)14-21/h3-14,23H,1-2H3,(H,29,34). The molecule has 0 saturated carbocycles. The number of aromatic nitrogens is 2. The van der Waals surface area contributed by atoms with E-state index in [2.05, 4.69) is 15.5 Å². The highest BCUT2D eigenvalue weighted by atomic mass is 32.1. The van der Waals surface area contributed by atoms with E-state index in [0.29, 0.717) is 28.1 Å². The summed E-state index contributed by atoms with van der Waals surface area (Å²) >= 11 is 5.63. The molecule has 0 radical (unpaired) electrons. The third kappa shape index (κ3) is 4.08. The first-order valence-electron chi connectivity index (χ1n) is 10.6. The molecule has 0 saturated heterocycles. The average molecular weight is 475 g/mol. The Morgan fingerprint density at radius 2 is 1.62 bits per heavy atom. The van der Waals surface area contributed by atoms with Gasteiger partial charge in [-0.2, -0.15) is 4.98 Å². The molecule has 5 nitrogen and oxygen atoms in total. The minimum Gasteiger partial charge on any atom is -0.351 e. The maximum absolute atomic E-state index is 14.0. The lowest BCUT2D eigenvalue weighted by atomic mass is 9.94. The molecule has 1 atom stereocenters. The molecule has 1 aromatic heterocycles. The summed E-state index contributed by atoms with van der Waals surface area (Å²) < 4.78 is 33.8. The van der Waals surface area contributed by atoms with E-state index in [1.165, 1.54) is 12.1 Å². The van der Waals surface area contributed by atoms with Crippen molar-refractivity contribution in [2.24, 2.45) is 0 Å². The average Bonchev–Trinajstić information content (AvgIpc) is 3.29. The molecule has 3 aromatic carbocycles. The van der Waals surface area contributed by atoms with Gasteiger partial charge in [-0.25, -0.2) is 8.78 Å². The Morgan fingerprint density at radius 3 is 2.29 bits per heavy atom. The Bertz CT molecular complexity index is 1380. The van der Waals surface area contributed by atoms with Crippen LogP contribution in [0.2, 0.25) is 0 Å². The van der Waals surface area contributed by atoms with Gasteiger partial charge in [0.25, 0.3) is 5.89 Å². The van der Waals surface area contributed by atoms with Crippen LogP contribution < -0.4 is 10.2 Å². The summed E-state index contributed by atoms with van der Waals surface area (Å²) in [6.45, 7) is 3.83. The second kappa shape index (κ2) is 8.79. The van der Waals surface area contributed by atoms with Crippen LogP contribution in [0.25, 0.3) is 17.0 Å². The van der Waals surface area contributed by atoms with Gasteiger partial charge in [-0.15, -0.1) is 0 Å². The van der Waals surface area contributed by atoms with Gasteiger partial charge in [0.15, 0.2) is 5.11 Å². The molecule has 1 unspecified atom stereocenters. The van der Waals surface area contributed by atoms with Gasteiger partial charge in [0, 0.05) is 17.3 Å². The quantitative estimate of drug-likeness (QED) is 0.356. The molecule has 1 aliphatic rings. The zero-order chi connectivity index (χ0) is 23.8. The summed E-state index contributed by atoms with van der Waals surface area (Å²) in [6, 6.07) is 20.4. The van der Waals surface area contributed by atoms with Gasteiger partial charge in [0.2, 0.25) is 5.82 Å². The second-order valence-corrected chi connectivity index (χ2v) is 8.43. The number of anilines is 1. The van der Waals surface area contributed by atoms with Crippen molar-refractivity contribution in [3.63, 3.8) is 0 Å². The summed E-state index contributed by atoms with van der Waals surface area (Å²) in [4.78, 5) is 6.22. The Kier molecular flexibility index (Phi) is 5.67. The topological polar surface area (TPSA) is 54.2 Å². The highest BCUT2D eigenvalue weighted by molar-refractivity contribution is 7.80. The predicted molar refractivity (Wildman–Crippen MR) is 131 cm³/mol. The predicted octanol–water partition coefficient (Wildman–Crippen LogP) is 6.19. The molecule has 4 aromatic rings. The van der Waals surface area contributed by atoms with E-state index in [9.17, 15) is 8.78 Å². The highest BCUT2D eigenvalue weighted by Gasteiger charge is 2.35. The van der Waals surface area contributed by atoms with Crippen LogP contribution in [0, 0.1) is 18.6 Å². The van der Waals surface area contributed by atoms with Crippen molar-refractivity contribution in [2.45, 2.75) is 19.9 Å². The summed E-state index contributed by atoms with van der Waals surface area (Å²) in [5.74, 6) is -0.664. The fraction of sp³-hybridized carbons (Fsp3) is 0.115. The minimum atomic E-state index is -0.697. The molecule has 2 heterocycles. The lowest BCUT2D eigenvalue weighted by Crippen LogP contribution is -2.46. The molecule has 1 aliphatic heterocycles. The van der Waals surface area contributed by atoms with Crippen molar-refractivity contribution in [2.75, 3.05) is 4.90 Å². The number of halogens is 2. The van der Waals surface area contributed by atoms with Crippen molar-refractivity contribution in [1.29, 1.82) is 0 Å². The van der Waals surface area contributed by atoms with Crippen molar-refractivity contribution in [3.8, 4) is 11.4 Å². The van der Waals surface area contributed by atoms with Crippen LogP contribution in [-0.4, -0.2) is 15.3 Å². The Balaban J connectivity index is 1.67. The van der Waals surface area contributed by atoms with E-state index in [4.69, 9.17) is 16.7 Å². The van der Waals surface area contributed by atoms with E-state index in [1.54, 1.807) is 4.90 Å². The molecule has 0 fully saturated rings. The largest absolute Gasteiger partial charge is 0.351 e. The van der Waals surface area contributed by atoms with Crippen molar-refractivity contribution in [1.82, 2.24) is 15.5 Å². The minimum absolute atomic E-state index is 0.259. The molecular weight excluding hydrogens is 454 g/mol. The molecule has 0 spiro atoms. The second-order valence-electron chi connectivity index (χ2n) is 8.04. The first-order valence-corrected chi connectivity index (χ1v) is 11.0. The fourth-order valence-corrected chi connectivity index (χ4v) is 4.41. The monoisotopic (exact) mass is 474 g/mol. The number of thiocarbonyl (C=S) groups is 1. The number of hydrogen-bond acceptors (Lipinski definition) is 4. The van der Waals surface area contributed by atoms with Gasteiger partial charge in [-0.3, -0.25) is 4.90 Å².